The number of nitriles is 1. The van der Waals surface area contributed by atoms with Gasteiger partial charge in [0.1, 0.15) is 0 Å². The highest BCUT2D eigenvalue weighted by molar-refractivity contribution is 8.06. The summed E-state index contributed by atoms with van der Waals surface area (Å²) in [6, 6.07) is 9.78. The van der Waals surface area contributed by atoms with Crippen LogP contribution in [0.15, 0.2) is 46.5 Å². The number of hydrogen-bond donors (Lipinski definition) is 1. The van der Waals surface area contributed by atoms with Crippen LogP contribution in [0.25, 0.3) is 0 Å². The fourth-order valence-corrected chi connectivity index (χ4v) is 2.30. The van der Waals surface area contributed by atoms with Gasteiger partial charge in [-0.05, 0) is 24.5 Å². The predicted molar refractivity (Wildman–Crippen MR) is 68.4 cm³/mol. The molecule has 0 aromatic heterocycles. The lowest BCUT2D eigenvalue weighted by Gasteiger charge is -2.19. The molecule has 0 aliphatic carbocycles. The van der Waals surface area contributed by atoms with E-state index in [2.05, 4.69) is 6.07 Å². The Morgan fingerprint density at radius 1 is 1.44 bits per heavy atom. The molecule has 80 valence electrons. The van der Waals surface area contributed by atoms with Crippen molar-refractivity contribution in [1.82, 2.24) is 0 Å². The maximum absolute atomic E-state index is 8.92. The van der Waals surface area contributed by atoms with Gasteiger partial charge in [0, 0.05) is 6.20 Å². The highest BCUT2D eigenvalue weighted by Crippen LogP contribution is 2.38. The molecule has 0 saturated carbocycles. The molecule has 1 aliphatic rings. The van der Waals surface area contributed by atoms with E-state index in [1.807, 2.05) is 47.7 Å². The molecule has 0 amide bonds. The number of thioether (sulfide) groups is 1. The van der Waals surface area contributed by atoms with Gasteiger partial charge in [0.05, 0.1) is 28.0 Å². The number of allylic oxidation sites excluding steroid dienone is 1. The summed E-state index contributed by atoms with van der Waals surface area (Å²) in [5.41, 5.74) is 8.22. The van der Waals surface area contributed by atoms with Crippen LogP contribution < -0.4 is 10.6 Å². The molecule has 1 aromatic carbocycles. The molecule has 16 heavy (non-hydrogen) atoms. The third kappa shape index (κ3) is 1.77. The van der Waals surface area contributed by atoms with E-state index >= 15 is 0 Å². The first kappa shape index (κ1) is 10.7. The number of para-hydroxylation sites is 2. The van der Waals surface area contributed by atoms with Crippen molar-refractivity contribution in [3.05, 3.63) is 46.5 Å². The van der Waals surface area contributed by atoms with Gasteiger partial charge < -0.3 is 10.6 Å². The summed E-state index contributed by atoms with van der Waals surface area (Å²) in [5, 5.41) is 11.8. The Morgan fingerprint density at radius 2 is 2.19 bits per heavy atom. The normalized spacial score (nSPS) is 17.4. The lowest BCUT2D eigenvalue weighted by molar-refractivity contribution is 1.24. The second kappa shape index (κ2) is 4.33. The largest absolute Gasteiger partial charge is 0.397 e. The minimum atomic E-state index is 0.693. The first-order valence-corrected chi connectivity index (χ1v) is 5.70. The van der Waals surface area contributed by atoms with Crippen molar-refractivity contribution in [2.45, 2.75) is 6.92 Å². The van der Waals surface area contributed by atoms with Crippen molar-refractivity contribution < 1.29 is 0 Å². The van der Waals surface area contributed by atoms with Gasteiger partial charge in [0.25, 0.3) is 0 Å². The number of anilines is 2. The fraction of sp³-hybridized carbons (Fsp3) is 0.0833. The molecule has 0 radical (unpaired) electrons. The molecule has 4 heteroatoms. The maximum Gasteiger partial charge on any atom is 0.0973 e. The Kier molecular flexibility index (Phi) is 2.88. The molecule has 0 unspecified atom stereocenters. The zero-order chi connectivity index (χ0) is 11.5. The standard InChI is InChI=1S/C12H11N3S/c1-9(8-13)12-15(6-7-16-12)11-5-3-2-4-10(11)14/h2-7H,14H2,1H3/b12-9-. The third-order valence-electron chi connectivity index (χ3n) is 2.29. The van der Waals surface area contributed by atoms with Gasteiger partial charge in [-0.1, -0.05) is 23.9 Å². The Bertz CT molecular complexity index is 511. The molecule has 1 aliphatic heterocycles. The first-order chi connectivity index (χ1) is 7.74. The van der Waals surface area contributed by atoms with E-state index in [-0.39, 0.29) is 0 Å². The van der Waals surface area contributed by atoms with Gasteiger partial charge in [-0.25, -0.2) is 0 Å². The average Bonchev–Trinajstić information content (AvgIpc) is 2.77. The van der Waals surface area contributed by atoms with Crippen molar-refractivity contribution in [1.29, 1.82) is 5.26 Å². The Morgan fingerprint density at radius 3 is 2.88 bits per heavy atom. The smallest absolute Gasteiger partial charge is 0.0973 e. The summed E-state index contributed by atoms with van der Waals surface area (Å²) >= 11 is 1.53. The number of benzene rings is 1. The minimum Gasteiger partial charge on any atom is -0.397 e. The van der Waals surface area contributed by atoms with E-state index < -0.39 is 0 Å². The predicted octanol–water partition coefficient (Wildman–Crippen LogP) is 3.05. The third-order valence-corrected chi connectivity index (χ3v) is 3.28. The van der Waals surface area contributed by atoms with Gasteiger partial charge >= 0.3 is 0 Å². The molecule has 1 aromatic rings. The molecule has 3 nitrogen and oxygen atoms in total. The van der Waals surface area contributed by atoms with Gasteiger partial charge in [-0.2, -0.15) is 5.26 Å². The summed E-state index contributed by atoms with van der Waals surface area (Å²) in [6.07, 6.45) is 1.92. The number of nitrogens with two attached hydrogens (primary N) is 1. The number of rotatable bonds is 1. The van der Waals surface area contributed by atoms with E-state index in [0.717, 1.165) is 10.7 Å². The van der Waals surface area contributed by atoms with Gasteiger partial charge in [-0.3, -0.25) is 0 Å². The van der Waals surface area contributed by atoms with Crippen molar-refractivity contribution in [2.24, 2.45) is 0 Å². The zero-order valence-corrected chi connectivity index (χ0v) is 9.66. The average molecular weight is 229 g/mol. The minimum absolute atomic E-state index is 0.693. The van der Waals surface area contributed by atoms with Crippen LogP contribution in [0.4, 0.5) is 11.4 Å². The number of hydrogen-bond acceptors (Lipinski definition) is 4. The molecule has 2 N–H and O–H groups in total. The Hall–Kier alpha value is -1.86. The van der Waals surface area contributed by atoms with Crippen LogP contribution in [0.3, 0.4) is 0 Å². The van der Waals surface area contributed by atoms with E-state index in [1.165, 1.54) is 11.8 Å². The summed E-state index contributed by atoms with van der Waals surface area (Å²) in [4.78, 5) is 1.94. The molecule has 0 atom stereocenters. The lowest BCUT2D eigenvalue weighted by atomic mass is 10.2. The molecular formula is C12H11N3S. The topological polar surface area (TPSA) is 53.0 Å². The number of nitrogen functional groups attached to an aromatic ring is 1. The van der Waals surface area contributed by atoms with Gasteiger partial charge in [-0.15, -0.1) is 0 Å². The van der Waals surface area contributed by atoms with Crippen molar-refractivity contribution >= 4 is 23.1 Å². The highest BCUT2D eigenvalue weighted by Gasteiger charge is 2.18. The quantitative estimate of drug-likeness (QED) is 0.594. The zero-order valence-electron chi connectivity index (χ0n) is 8.84. The van der Waals surface area contributed by atoms with Gasteiger partial charge in [0.15, 0.2) is 0 Å². The Balaban J connectivity index is 2.46. The van der Waals surface area contributed by atoms with Crippen LogP contribution in [0.1, 0.15) is 6.92 Å². The highest BCUT2D eigenvalue weighted by atomic mass is 32.2. The molecule has 0 spiro atoms. The van der Waals surface area contributed by atoms with Crippen molar-refractivity contribution in [3.63, 3.8) is 0 Å². The van der Waals surface area contributed by atoms with Crippen LogP contribution in [0.5, 0.6) is 0 Å². The van der Waals surface area contributed by atoms with E-state index in [0.29, 0.717) is 11.3 Å². The van der Waals surface area contributed by atoms with E-state index in [4.69, 9.17) is 11.0 Å². The monoisotopic (exact) mass is 229 g/mol. The van der Waals surface area contributed by atoms with Crippen LogP contribution in [0, 0.1) is 11.3 Å². The summed E-state index contributed by atoms with van der Waals surface area (Å²) in [7, 11) is 0. The molecule has 0 fully saturated rings. The molecule has 0 bridgehead atoms. The van der Waals surface area contributed by atoms with Crippen LogP contribution in [-0.2, 0) is 0 Å². The Labute approximate surface area is 98.9 Å². The first-order valence-electron chi connectivity index (χ1n) is 4.82. The van der Waals surface area contributed by atoms with Crippen molar-refractivity contribution in [3.8, 4) is 6.07 Å². The second-order valence-corrected chi connectivity index (χ2v) is 4.27. The van der Waals surface area contributed by atoms with E-state index in [9.17, 15) is 0 Å². The SMILES string of the molecule is C/C(C#N)=C1/SC=CN1c1ccccc1N. The fourth-order valence-electron chi connectivity index (χ4n) is 1.49. The summed E-state index contributed by atoms with van der Waals surface area (Å²) in [6.45, 7) is 1.81. The summed E-state index contributed by atoms with van der Waals surface area (Å²) in [5.74, 6) is 0. The van der Waals surface area contributed by atoms with Crippen LogP contribution in [-0.4, -0.2) is 0 Å². The number of nitrogens with zero attached hydrogens (tertiary/aromatic N) is 2. The molecule has 1 heterocycles. The molecule has 2 rings (SSSR count). The molecular weight excluding hydrogens is 218 g/mol. The van der Waals surface area contributed by atoms with Crippen LogP contribution in [0.2, 0.25) is 0 Å². The van der Waals surface area contributed by atoms with E-state index in [1.54, 1.807) is 0 Å². The maximum atomic E-state index is 8.92. The molecule has 0 saturated heterocycles. The van der Waals surface area contributed by atoms with Gasteiger partial charge in [0.2, 0.25) is 0 Å². The van der Waals surface area contributed by atoms with Crippen LogP contribution >= 0.6 is 11.8 Å². The lowest BCUT2D eigenvalue weighted by Crippen LogP contribution is -2.12. The summed E-state index contributed by atoms with van der Waals surface area (Å²) < 4.78 is 0. The second-order valence-electron chi connectivity index (χ2n) is 3.37. The van der Waals surface area contributed by atoms with Crippen molar-refractivity contribution in [2.75, 3.05) is 10.6 Å².